The molecular weight excluding hydrogens is 412 g/mol. The summed E-state index contributed by atoms with van der Waals surface area (Å²) >= 11 is 0. The molecule has 2 aromatic carbocycles. The van der Waals surface area contributed by atoms with Gasteiger partial charge in [-0.15, -0.1) is 0 Å². The third-order valence-electron chi connectivity index (χ3n) is 5.70. The molecule has 1 aromatic heterocycles. The molecule has 0 bridgehead atoms. The summed E-state index contributed by atoms with van der Waals surface area (Å²) in [6, 6.07) is 19.6. The number of para-hydroxylation sites is 1. The summed E-state index contributed by atoms with van der Waals surface area (Å²) in [6.45, 7) is 10.4. The smallest absolute Gasteiger partial charge is 0.357 e. The molecular formula is C27H30N4O2. The Bertz CT molecular complexity index is 1160. The van der Waals surface area contributed by atoms with E-state index >= 15 is 0 Å². The number of esters is 1. The molecule has 6 heteroatoms. The number of benzene rings is 2. The lowest BCUT2D eigenvalue weighted by Crippen LogP contribution is -2.53. The van der Waals surface area contributed by atoms with Gasteiger partial charge in [0.1, 0.15) is 5.82 Å². The van der Waals surface area contributed by atoms with Gasteiger partial charge in [-0.2, -0.15) is 0 Å². The predicted octanol–water partition coefficient (Wildman–Crippen LogP) is 5.90. The lowest BCUT2D eigenvalue weighted by atomic mass is 9.84. The van der Waals surface area contributed by atoms with E-state index in [4.69, 9.17) is 10.1 Å². The van der Waals surface area contributed by atoms with Crippen molar-refractivity contribution in [3.8, 4) is 11.1 Å². The molecule has 0 amide bonds. The zero-order chi connectivity index (χ0) is 23.6. The first kappa shape index (κ1) is 22.5. The van der Waals surface area contributed by atoms with E-state index in [1.807, 2.05) is 42.5 Å². The Morgan fingerprint density at radius 3 is 2.36 bits per heavy atom. The number of carbonyl (C=O) groups is 1. The second kappa shape index (κ2) is 9.06. The van der Waals surface area contributed by atoms with Crippen LogP contribution in [0.25, 0.3) is 11.1 Å². The standard InChI is InChI=1S/C27H30N4O2/c1-5-33-26(32)23-15-22(19-11-13-21(14-12-19)31-16-27(3,4)17-31)24(18(2)28)25(30-23)29-20-9-7-6-8-10-20/h6-15,28H,5,16-17H2,1-4H3,(H,29,30). The molecule has 3 aromatic rings. The first-order valence-electron chi connectivity index (χ1n) is 11.2. The zero-order valence-corrected chi connectivity index (χ0v) is 19.6. The maximum atomic E-state index is 12.6. The second-order valence-electron chi connectivity index (χ2n) is 9.18. The Kier molecular flexibility index (Phi) is 6.18. The summed E-state index contributed by atoms with van der Waals surface area (Å²) < 4.78 is 5.23. The number of carbonyl (C=O) groups excluding carboxylic acids is 1. The van der Waals surface area contributed by atoms with Crippen molar-refractivity contribution in [1.82, 2.24) is 4.98 Å². The molecule has 0 spiro atoms. The quantitative estimate of drug-likeness (QED) is 0.352. The van der Waals surface area contributed by atoms with E-state index in [9.17, 15) is 4.79 Å². The minimum Gasteiger partial charge on any atom is -0.461 e. The van der Waals surface area contributed by atoms with E-state index in [-0.39, 0.29) is 12.3 Å². The highest BCUT2D eigenvalue weighted by Gasteiger charge is 2.34. The minimum absolute atomic E-state index is 0.212. The van der Waals surface area contributed by atoms with Crippen LogP contribution >= 0.6 is 0 Å². The summed E-state index contributed by atoms with van der Waals surface area (Å²) in [5, 5.41) is 11.8. The highest BCUT2D eigenvalue weighted by atomic mass is 16.5. The van der Waals surface area contributed by atoms with Crippen molar-refractivity contribution in [1.29, 1.82) is 5.41 Å². The Morgan fingerprint density at radius 1 is 1.12 bits per heavy atom. The van der Waals surface area contributed by atoms with Gasteiger partial charge in [0.2, 0.25) is 0 Å². The van der Waals surface area contributed by atoms with Crippen molar-refractivity contribution in [2.24, 2.45) is 5.41 Å². The molecule has 1 aliphatic heterocycles. The number of rotatable bonds is 7. The average molecular weight is 443 g/mol. The monoisotopic (exact) mass is 442 g/mol. The summed E-state index contributed by atoms with van der Waals surface area (Å²) in [6.07, 6.45) is 0. The van der Waals surface area contributed by atoms with E-state index in [0.29, 0.717) is 22.5 Å². The first-order chi connectivity index (χ1) is 15.8. The Morgan fingerprint density at radius 2 is 1.79 bits per heavy atom. The van der Waals surface area contributed by atoms with E-state index < -0.39 is 5.97 Å². The number of hydrogen-bond donors (Lipinski definition) is 2. The Hall–Kier alpha value is -3.67. The largest absolute Gasteiger partial charge is 0.461 e. The molecule has 0 atom stereocenters. The topological polar surface area (TPSA) is 78.3 Å². The average Bonchev–Trinajstić information content (AvgIpc) is 2.77. The lowest BCUT2D eigenvalue weighted by Gasteiger charge is -2.47. The summed E-state index contributed by atoms with van der Waals surface area (Å²) in [5.41, 5.74) is 5.27. The molecule has 1 fully saturated rings. The maximum absolute atomic E-state index is 12.6. The number of anilines is 3. The molecule has 33 heavy (non-hydrogen) atoms. The second-order valence-corrected chi connectivity index (χ2v) is 9.18. The van der Waals surface area contributed by atoms with Crippen LogP contribution in [0.4, 0.5) is 17.2 Å². The van der Waals surface area contributed by atoms with E-state index in [2.05, 4.69) is 41.2 Å². The van der Waals surface area contributed by atoms with Crippen LogP contribution in [-0.4, -0.2) is 36.4 Å². The van der Waals surface area contributed by atoms with Gasteiger partial charge in [0.05, 0.1) is 6.61 Å². The van der Waals surface area contributed by atoms with Gasteiger partial charge in [0, 0.05) is 35.7 Å². The summed E-state index contributed by atoms with van der Waals surface area (Å²) in [7, 11) is 0. The predicted molar refractivity (Wildman–Crippen MR) is 134 cm³/mol. The minimum atomic E-state index is -0.483. The third-order valence-corrected chi connectivity index (χ3v) is 5.70. The fourth-order valence-electron chi connectivity index (χ4n) is 4.23. The Balaban J connectivity index is 1.78. The molecule has 0 unspecified atom stereocenters. The van der Waals surface area contributed by atoms with Gasteiger partial charge in [0.15, 0.2) is 5.69 Å². The van der Waals surface area contributed by atoms with Crippen LogP contribution in [0.3, 0.4) is 0 Å². The van der Waals surface area contributed by atoms with Gasteiger partial charge in [-0.3, -0.25) is 0 Å². The van der Waals surface area contributed by atoms with Crippen LogP contribution in [0, 0.1) is 10.8 Å². The molecule has 2 N–H and O–H groups in total. The van der Waals surface area contributed by atoms with Crippen LogP contribution in [0.1, 0.15) is 43.7 Å². The molecule has 2 heterocycles. The van der Waals surface area contributed by atoms with Crippen molar-refractivity contribution in [2.45, 2.75) is 27.7 Å². The molecule has 0 saturated carbocycles. The molecule has 0 radical (unpaired) electrons. The molecule has 4 rings (SSSR count). The van der Waals surface area contributed by atoms with Crippen LogP contribution in [0.5, 0.6) is 0 Å². The fourth-order valence-corrected chi connectivity index (χ4v) is 4.23. The first-order valence-corrected chi connectivity index (χ1v) is 11.2. The molecule has 1 aliphatic rings. The molecule has 6 nitrogen and oxygen atoms in total. The van der Waals surface area contributed by atoms with Gasteiger partial charge in [0.25, 0.3) is 0 Å². The number of nitrogens with zero attached hydrogens (tertiary/aromatic N) is 2. The van der Waals surface area contributed by atoms with E-state index in [0.717, 1.165) is 29.9 Å². The third kappa shape index (κ3) is 4.90. The highest BCUT2D eigenvalue weighted by Crippen LogP contribution is 2.36. The van der Waals surface area contributed by atoms with E-state index in [1.165, 1.54) is 5.69 Å². The van der Waals surface area contributed by atoms with Gasteiger partial charge < -0.3 is 20.4 Å². The van der Waals surface area contributed by atoms with Crippen LogP contribution < -0.4 is 10.2 Å². The van der Waals surface area contributed by atoms with Crippen LogP contribution in [-0.2, 0) is 4.74 Å². The highest BCUT2D eigenvalue weighted by molar-refractivity contribution is 6.08. The van der Waals surface area contributed by atoms with Gasteiger partial charge in [-0.05, 0) is 60.7 Å². The Labute approximate surface area is 195 Å². The van der Waals surface area contributed by atoms with Crippen molar-refractivity contribution in [2.75, 3.05) is 29.9 Å². The SMILES string of the molecule is CCOC(=O)c1cc(-c2ccc(N3CC(C)(C)C3)cc2)c(C(C)=N)c(Nc2ccccc2)n1. The zero-order valence-electron chi connectivity index (χ0n) is 19.6. The van der Waals surface area contributed by atoms with Crippen molar-refractivity contribution < 1.29 is 9.53 Å². The van der Waals surface area contributed by atoms with E-state index in [1.54, 1.807) is 19.9 Å². The van der Waals surface area contributed by atoms with Gasteiger partial charge in [-0.25, -0.2) is 9.78 Å². The number of ether oxygens (including phenoxy) is 1. The molecule has 1 saturated heterocycles. The summed E-state index contributed by atoms with van der Waals surface area (Å²) in [5.74, 6) is -0.0219. The molecule has 170 valence electrons. The van der Waals surface area contributed by atoms with Crippen molar-refractivity contribution >= 4 is 28.9 Å². The maximum Gasteiger partial charge on any atom is 0.357 e. The lowest BCUT2D eigenvalue weighted by molar-refractivity contribution is 0.0519. The van der Waals surface area contributed by atoms with Crippen molar-refractivity contribution in [3.05, 3.63) is 71.9 Å². The number of pyridine rings is 1. The number of nitrogens with one attached hydrogen (secondary N) is 2. The number of hydrogen-bond acceptors (Lipinski definition) is 6. The van der Waals surface area contributed by atoms with Gasteiger partial charge >= 0.3 is 5.97 Å². The van der Waals surface area contributed by atoms with Crippen LogP contribution in [0.2, 0.25) is 0 Å². The van der Waals surface area contributed by atoms with Crippen molar-refractivity contribution in [3.63, 3.8) is 0 Å². The van der Waals surface area contributed by atoms with Crippen LogP contribution in [0.15, 0.2) is 60.7 Å². The molecule has 0 aliphatic carbocycles. The fraction of sp³-hybridized carbons (Fsp3) is 0.296. The normalized spacial score (nSPS) is 14.4. The summed E-state index contributed by atoms with van der Waals surface area (Å²) in [4.78, 5) is 19.5. The van der Waals surface area contributed by atoms with Gasteiger partial charge in [-0.1, -0.05) is 44.2 Å². The number of aromatic nitrogens is 1.